The van der Waals surface area contributed by atoms with Gasteiger partial charge in [-0.2, -0.15) is 5.10 Å². The number of rotatable bonds is 4. The van der Waals surface area contributed by atoms with Gasteiger partial charge in [-0.1, -0.05) is 48.5 Å². The molecular weight excluding hydrogens is 326 g/mol. The van der Waals surface area contributed by atoms with E-state index in [-0.39, 0.29) is 18.2 Å². The number of aromatic nitrogens is 2. The summed E-state index contributed by atoms with van der Waals surface area (Å²) in [6.45, 7) is 0.548. The number of anilines is 1. The van der Waals surface area contributed by atoms with Crippen LogP contribution in [0.2, 0.25) is 0 Å². The van der Waals surface area contributed by atoms with Crippen LogP contribution in [0.5, 0.6) is 0 Å². The number of fused-ring (bicyclic) bond motifs is 1. The summed E-state index contributed by atoms with van der Waals surface area (Å²) in [4.78, 5) is 14.7. The molecule has 1 N–H and O–H groups in total. The first-order valence-corrected chi connectivity index (χ1v) is 8.74. The Bertz CT molecular complexity index is 920. The predicted molar refractivity (Wildman–Crippen MR) is 100.0 cm³/mol. The zero-order valence-electron chi connectivity index (χ0n) is 14.6. The number of aliphatic hydroxyl groups is 1. The molecule has 132 valence electrons. The second kappa shape index (κ2) is 6.77. The maximum Gasteiger partial charge on any atom is 0.256 e. The van der Waals surface area contributed by atoms with Crippen LogP contribution in [-0.4, -0.2) is 33.4 Å². The van der Waals surface area contributed by atoms with E-state index < -0.39 is 6.10 Å². The molecule has 1 aliphatic heterocycles. The second-order valence-corrected chi connectivity index (χ2v) is 6.71. The van der Waals surface area contributed by atoms with Crippen LogP contribution in [0.1, 0.15) is 22.6 Å². The van der Waals surface area contributed by atoms with Crippen LogP contribution in [0.25, 0.3) is 0 Å². The Morgan fingerprint density at radius 1 is 1.19 bits per heavy atom. The molecule has 5 heteroatoms. The van der Waals surface area contributed by atoms with E-state index in [9.17, 15) is 9.90 Å². The van der Waals surface area contributed by atoms with Crippen molar-refractivity contribution in [3.8, 4) is 0 Å². The van der Waals surface area contributed by atoms with Crippen LogP contribution in [-0.2, 0) is 18.3 Å². The number of para-hydroxylation sites is 1. The van der Waals surface area contributed by atoms with Crippen molar-refractivity contribution in [2.45, 2.75) is 18.4 Å². The highest BCUT2D eigenvalue weighted by molar-refractivity contribution is 5.99. The van der Waals surface area contributed by atoms with Crippen LogP contribution in [0.4, 0.5) is 5.69 Å². The smallest absolute Gasteiger partial charge is 0.256 e. The van der Waals surface area contributed by atoms with E-state index in [0.717, 1.165) is 16.8 Å². The Balaban J connectivity index is 1.59. The van der Waals surface area contributed by atoms with Gasteiger partial charge >= 0.3 is 0 Å². The molecule has 2 atom stereocenters. The van der Waals surface area contributed by atoms with Gasteiger partial charge in [0.05, 0.1) is 6.20 Å². The van der Waals surface area contributed by atoms with Gasteiger partial charge in [0.25, 0.3) is 5.91 Å². The number of carbonyl (C=O) groups excluding carboxylic acids is 1. The molecule has 0 bridgehead atoms. The first-order valence-electron chi connectivity index (χ1n) is 8.74. The summed E-state index contributed by atoms with van der Waals surface area (Å²) in [5.41, 5.74) is 4.04. The third kappa shape index (κ3) is 3.02. The Labute approximate surface area is 152 Å². The zero-order valence-corrected chi connectivity index (χ0v) is 14.6. The molecule has 26 heavy (non-hydrogen) atoms. The first-order chi connectivity index (χ1) is 12.6. The lowest BCUT2D eigenvalue weighted by Gasteiger charge is -2.21. The molecule has 5 nitrogen and oxygen atoms in total. The number of aryl methyl sites for hydroxylation is 1. The maximum absolute atomic E-state index is 12.9. The Kier molecular flexibility index (Phi) is 4.31. The van der Waals surface area contributed by atoms with Crippen molar-refractivity contribution in [1.29, 1.82) is 0 Å². The van der Waals surface area contributed by atoms with Crippen molar-refractivity contribution in [3.63, 3.8) is 0 Å². The normalized spacial score (nSPS) is 17.2. The van der Waals surface area contributed by atoms with Gasteiger partial charge < -0.3 is 10.0 Å². The number of hydrogen-bond donors (Lipinski definition) is 1. The van der Waals surface area contributed by atoms with Crippen molar-refractivity contribution in [2.24, 2.45) is 7.05 Å². The third-order valence-corrected chi connectivity index (χ3v) is 4.91. The summed E-state index contributed by atoms with van der Waals surface area (Å²) >= 11 is 0. The third-order valence-electron chi connectivity index (χ3n) is 4.91. The van der Waals surface area contributed by atoms with Crippen molar-refractivity contribution < 1.29 is 9.90 Å². The molecule has 0 spiro atoms. The molecule has 1 aromatic heterocycles. The highest BCUT2D eigenvalue weighted by atomic mass is 16.3. The standard InChI is InChI=1S/C21H21N3O2/c1-23-13-15(12-22-23)11-20(25)21(26)24-14-18(16-7-3-2-4-8-16)17-9-5-6-10-19(17)24/h2-10,12-13,18,20,25H,11,14H2,1H3/t18-,20+/m0/s1. The number of hydrogen-bond acceptors (Lipinski definition) is 3. The summed E-state index contributed by atoms with van der Waals surface area (Å²) in [5, 5.41) is 14.6. The highest BCUT2D eigenvalue weighted by Gasteiger charge is 2.35. The summed E-state index contributed by atoms with van der Waals surface area (Å²) in [5.74, 6) is -0.137. The first kappa shape index (κ1) is 16.5. The van der Waals surface area contributed by atoms with Gasteiger partial charge in [-0.15, -0.1) is 0 Å². The lowest BCUT2D eigenvalue weighted by molar-refractivity contribution is -0.126. The van der Waals surface area contributed by atoms with Gasteiger partial charge in [-0.25, -0.2) is 0 Å². The van der Waals surface area contributed by atoms with E-state index in [2.05, 4.69) is 23.3 Å². The predicted octanol–water partition coefficient (Wildman–Crippen LogP) is 2.50. The molecule has 2 heterocycles. The van der Waals surface area contributed by atoms with Crippen LogP contribution in [0.15, 0.2) is 67.0 Å². The molecule has 1 amide bonds. The molecular formula is C21H21N3O2. The fraction of sp³-hybridized carbons (Fsp3) is 0.238. The second-order valence-electron chi connectivity index (χ2n) is 6.71. The van der Waals surface area contributed by atoms with E-state index in [0.29, 0.717) is 6.54 Å². The monoisotopic (exact) mass is 347 g/mol. The Morgan fingerprint density at radius 3 is 2.65 bits per heavy atom. The fourth-order valence-corrected chi connectivity index (χ4v) is 3.65. The maximum atomic E-state index is 12.9. The van der Waals surface area contributed by atoms with Crippen LogP contribution in [0, 0.1) is 0 Å². The molecule has 0 fully saturated rings. The van der Waals surface area contributed by atoms with Gasteiger partial charge in [0, 0.05) is 37.8 Å². The van der Waals surface area contributed by atoms with E-state index in [1.165, 1.54) is 5.56 Å². The van der Waals surface area contributed by atoms with E-state index in [1.54, 1.807) is 15.8 Å². The topological polar surface area (TPSA) is 58.4 Å². The molecule has 0 aliphatic carbocycles. The number of aliphatic hydroxyl groups excluding tert-OH is 1. The van der Waals surface area contributed by atoms with Crippen molar-refractivity contribution >= 4 is 11.6 Å². The average Bonchev–Trinajstić information content (AvgIpc) is 3.25. The lowest BCUT2D eigenvalue weighted by Crippen LogP contribution is -2.39. The molecule has 0 saturated carbocycles. The van der Waals surface area contributed by atoms with Gasteiger partial charge in [0.1, 0.15) is 6.10 Å². The minimum Gasteiger partial charge on any atom is -0.383 e. The number of benzene rings is 2. The molecule has 1 aliphatic rings. The summed E-state index contributed by atoms with van der Waals surface area (Å²) in [6.07, 6.45) is 2.69. The number of carbonyl (C=O) groups is 1. The average molecular weight is 347 g/mol. The van der Waals surface area contributed by atoms with Crippen molar-refractivity contribution in [1.82, 2.24) is 9.78 Å². The highest BCUT2D eigenvalue weighted by Crippen LogP contribution is 2.40. The van der Waals surface area contributed by atoms with E-state index in [4.69, 9.17) is 0 Å². The SMILES string of the molecule is Cn1cc(C[C@@H](O)C(=O)N2C[C@@H](c3ccccc3)c3ccccc32)cn1. The van der Waals surface area contributed by atoms with Crippen LogP contribution < -0.4 is 4.90 Å². The minimum absolute atomic E-state index is 0.127. The molecule has 0 unspecified atom stereocenters. The van der Waals surface area contributed by atoms with Crippen molar-refractivity contribution in [2.75, 3.05) is 11.4 Å². The zero-order chi connectivity index (χ0) is 18.1. The summed E-state index contributed by atoms with van der Waals surface area (Å²) < 4.78 is 1.67. The molecule has 0 radical (unpaired) electrons. The van der Waals surface area contributed by atoms with Gasteiger partial charge in [-0.05, 0) is 22.8 Å². The largest absolute Gasteiger partial charge is 0.383 e. The summed E-state index contributed by atoms with van der Waals surface area (Å²) in [7, 11) is 1.82. The molecule has 2 aromatic carbocycles. The van der Waals surface area contributed by atoms with Crippen molar-refractivity contribution in [3.05, 3.63) is 83.7 Å². The molecule has 3 aromatic rings. The van der Waals surface area contributed by atoms with E-state index >= 15 is 0 Å². The number of nitrogens with zero attached hydrogens (tertiary/aromatic N) is 3. The fourth-order valence-electron chi connectivity index (χ4n) is 3.65. The molecule has 4 rings (SSSR count). The van der Waals surface area contributed by atoms with E-state index in [1.807, 2.05) is 49.6 Å². The number of amides is 1. The quantitative estimate of drug-likeness (QED) is 0.789. The molecule has 0 saturated heterocycles. The van der Waals surface area contributed by atoms with Gasteiger partial charge in [0.2, 0.25) is 0 Å². The Hall–Kier alpha value is -2.92. The minimum atomic E-state index is -1.08. The lowest BCUT2D eigenvalue weighted by atomic mass is 9.93. The van der Waals surface area contributed by atoms with Gasteiger partial charge in [-0.3, -0.25) is 9.48 Å². The van der Waals surface area contributed by atoms with Crippen LogP contribution >= 0.6 is 0 Å². The van der Waals surface area contributed by atoms with Gasteiger partial charge in [0.15, 0.2) is 0 Å². The van der Waals surface area contributed by atoms with Crippen LogP contribution in [0.3, 0.4) is 0 Å². The summed E-state index contributed by atoms with van der Waals surface area (Å²) in [6, 6.07) is 18.1. The Morgan fingerprint density at radius 2 is 1.92 bits per heavy atom.